The van der Waals surface area contributed by atoms with E-state index in [1.54, 1.807) is 0 Å². The van der Waals surface area contributed by atoms with Crippen molar-refractivity contribution in [1.82, 2.24) is 4.90 Å². The minimum Gasteiger partial charge on any atom is -0.376 e. The van der Waals surface area contributed by atoms with Crippen LogP contribution in [0.3, 0.4) is 0 Å². The summed E-state index contributed by atoms with van der Waals surface area (Å²) in [5, 5.41) is 0. The lowest BCUT2D eigenvalue weighted by molar-refractivity contribution is 0.0434. The van der Waals surface area contributed by atoms with E-state index in [9.17, 15) is 0 Å². The van der Waals surface area contributed by atoms with Crippen LogP contribution in [0.2, 0.25) is 0 Å². The third kappa shape index (κ3) is 6.28. The molecule has 0 saturated heterocycles. The van der Waals surface area contributed by atoms with Gasteiger partial charge in [-0.25, -0.2) is 0 Å². The maximum absolute atomic E-state index is 5.61. The Balaban J connectivity index is 3.24. The van der Waals surface area contributed by atoms with Crippen LogP contribution in [0.5, 0.6) is 0 Å². The van der Waals surface area contributed by atoms with Crippen molar-refractivity contribution in [3.63, 3.8) is 0 Å². The van der Waals surface area contributed by atoms with Crippen molar-refractivity contribution in [1.29, 1.82) is 0 Å². The van der Waals surface area contributed by atoms with Gasteiger partial charge in [-0.1, -0.05) is 0 Å². The van der Waals surface area contributed by atoms with Crippen LogP contribution in [0.4, 0.5) is 0 Å². The first-order valence-electron chi connectivity index (χ1n) is 4.06. The van der Waals surface area contributed by atoms with E-state index in [2.05, 4.69) is 4.90 Å². The SMILES string of the molecule is CC(N)[C@H](C)OCCN(C)C. The summed E-state index contributed by atoms with van der Waals surface area (Å²) >= 11 is 0. The van der Waals surface area contributed by atoms with E-state index in [0.717, 1.165) is 13.2 Å². The van der Waals surface area contributed by atoms with Gasteiger partial charge in [-0.15, -0.1) is 0 Å². The van der Waals surface area contributed by atoms with Crippen molar-refractivity contribution in [2.75, 3.05) is 27.2 Å². The number of nitrogens with zero attached hydrogens (tertiary/aromatic N) is 1. The van der Waals surface area contributed by atoms with Crippen molar-refractivity contribution in [2.45, 2.75) is 26.0 Å². The maximum Gasteiger partial charge on any atom is 0.0695 e. The molecule has 0 aliphatic rings. The van der Waals surface area contributed by atoms with Crippen molar-refractivity contribution < 1.29 is 4.74 Å². The number of hydrogen-bond acceptors (Lipinski definition) is 3. The van der Waals surface area contributed by atoms with Crippen LogP contribution in [0.1, 0.15) is 13.8 Å². The van der Waals surface area contributed by atoms with Gasteiger partial charge in [0.05, 0.1) is 12.7 Å². The topological polar surface area (TPSA) is 38.5 Å². The normalized spacial score (nSPS) is 16.9. The Kier molecular flexibility index (Phi) is 5.46. The zero-order valence-electron chi connectivity index (χ0n) is 8.00. The van der Waals surface area contributed by atoms with Crippen molar-refractivity contribution >= 4 is 0 Å². The van der Waals surface area contributed by atoms with Crippen molar-refractivity contribution in [3.05, 3.63) is 0 Å². The summed E-state index contributed by atoms with van der Waals surface area (Å²) in [5.41, 5.74) is 5.61. The fourth-order valence-electron chi connectivity index (χ4n) is 0.573. The highest BCUT2D eigenvalue weighted by atomic mass is 16.5. The average Bonchev–Trinajstić information content (AvgIpc) is 1.86. The molecule has 0 aliphatic heterocycles. The molecule has 0 radical (unpaired) electrons. The van der Waals surface area contributed by atoms with Crippen LogP contribution in [0.25, 0.3) is 0 Å². The summed E-state index contributed by atoms with van der Waals surface area (Å²) in [6.07, 6.45) is 0.162. The minimum absolute atomic E-state index is 0.122. The Bertz CT molecular complexity index is 94.1. The summed E-state index contributed by atoms with van der Waals surface area (Å²) in [6, 6.07) is 0.122. The molecule has 0 fully saturated rings. The zero-order chi connectivity index (χ0) is 8.85. The average molecular weight is 160 g/mol. The summed E-state index contributed by atoms with van der Waals surface area (Å²) in [4.78, 5) is 2.09. The van der Waals surface area contributed by atoms with Crippen molar-refractivity contribution in [3.8, 4) is 0 Å². The van der Waals surface area contributed by atoms with Gasteiger partial charge in [-0.3, -0.25) is 0 Å². The molecule has 2 N–H and O–H groups in total. The molecule has 0 aromatic heterocycles. The Labute approximate surface area is 69.5 Å². The zero-order valence-corrected chi connectivity index (χ0v) is 8.00. The van der Waals surface area contributed by atoms with Gasteiger partial charge in [-0.05, 0) is 27.9 Å². The van der Waals surface area contributed by atoms with Gasteiger partial charge in [0.15, 0.2) is 0 Å². The Morgan fingerprint density at radius 3 is 2.27 bits per heavy atom. The fraction of sp³-hybridized carbons (Fsp3) is 1.00. The molecule has 2 atom stereocenters. The fourth-order valence-corrected chi connectivity index (χ4v) is 0.573. The molecule has 0 spiro atoms. The van der Waals surface area contributed by atoms with Gasteiger partial charge >= 0.3 is 0 Å². The number of hydrogen-bond donors (Lipinski definition) is 1. The summed E-state index contributed by atoms with van der Waals surface area (Å²) < 4.78 is 5.45. The molecule has 68 valence electrons. The van der Waals surface area contributed by atoms with Crippen LogP contribution in [0, 0.1) is 0 Å². The molecule has 0 heterocycles. The van der Waals surface area contributed by atoms with E-state index in [1.165, 1.54) is 0 Å². The van der Waals surface area contributed by atoms with Gasteiger partial charge in [0.1, 0.15) is 0 Å². The van der Waals surface area contributed by atoms with Crippen LogP contribution >= 0.6 is 0 Å². The predicted molar refractivity (Wildman–Crippen MR) is 47.6 cm³/mol. The molecule has 3 heteroatoms. The lowest BCUT2D eigenvalue weighted by Crippen LogP contribution is -2.33. The van der Waals surface area contributed by atoms with Crippen molar-refractivity contribution in [2.24, 2.45) is 5.73 Å². The van der Waals surface area contributed by atoms with Gasteiger partial charge in [0.2, 0.25) is 0 Å². The van der Waals surface area contributed by atoms with E-state index in [-0.39, 0.29) is 12.1 Å². The molecular weight excluding hydrogens is 140 g/mol. The molecule has 0 aromatic carbocycles. The molecule has 0 amide bonds. The maximum atomic E-state index is 5.61. The molecule has 0 rings (SSSR count). The van der Waals surface area contributed by atoms with Crippen LogP contribution < -0.4 is 5.73 Å². The summed E-state index contributed by atoms with van der Waals surface area (Å²) in [5.74, 6) is 0. The van der Waals surface area contributed by atoms with Gasteiger partial charge in [0, 0.05) is 12.6 Å². The molecule has 0 aromatic rings. The van der Waals surface area contributed by atoms with Crippen LogP contribution in [0.15, 0.2) is 0 Å². The molecule has 0 saturated carbocycles. The minimum atomic E-state index is 0.122. The quantitative estimate of drug-likeness (QED) is 0.628. The number of ether oxygens (including phenoxy) is 1. The second-order valence-corrected chi connectivity index (χ2v) is 3.24. The second kappa shape index (κ2) is 5.52. The van der Waals surface area contributed by atoms with Crippen LogP contribution in [-0.2, 0) is 4.74 Å². The van der Waals surface area contributed by atoms with Crippen LogP contribution in [-0.4, -0.2) is 44.3 Å². The van der Waals surface area contributed by atoms with E-state index < -0.39 is 0 Å². The number of nitrogens with two attached hydrogens (primary N) is 1. The highest BCUT2D eigenvalue weighted by Crippen LogP contribution is 1.94. The Hall–Kier alpha value is -0.120. The first-order chi connectivity index (χ1) is 5.04. The first kappa shape index (κ1) is 10.9. The Morgan fingerprint density at radius 2 is 1.91 bits per heavy atom. The standard InChI is InChI=1S/C8H20N2O/c1-7(9)8(2)11-6-5-10(3)4/h7-8H,5-6,9H2,1-4H3/t7?,8-/m0/s1. The van der Waals surface area contributed by atoms with E-state index >= 15 is 0 Å². The molecule has 0 bridgehead atoms. The highest BCUT2D eigenvalue weighted by molar-refractivity contribution is 4.62. The molecular formula is C8H20N2O. The molecule has 0 aliphatic carbocycles. The second-order valence-electron chi connectivity index (χ2n) is 3.24. The van der Waals surface area contributed by atoms with Gasteiger partial charge in [0.25, 0.3) is 0 Å². The number of rotatable bonds is 5. The van der Waals surface area contributed by atoms with Gasteiger partial charge in [-0.2, -0.15) is 0 Å². The number of likely N-dealkylation sites (N-methyl/N-ethyl adjacent to an activating group) is 1. The summed E-state index contributed by atoms with van der Waals surface area (Å²) in [6.45, 7) is 5.67. The summed E-state index contributed by atoms with van der Waals surface area (Å²) in [7, 11) is 4.06. The van der Waals surface area contributed by atoms with E-state index in [4.69, 9.17) is 10.5 Å². The lowest BCUT2D eigenvalue weighted by atomic mass is 10.2. The third-order valence-electron chi connectivity index (χ3n) is 1.66. The smallest absolute Gasteiger partial charge is 0.0695 e. The predicted octanol–water partition coefficient (Wildman–Crippen LogP) is 0.300. The monoisotopic (exact) mass is 160 g/mol. The van der Waals surface area contributed by atoms with E-state index in [0.29, 0.717) is 0 Å². The van der Waals surface area contributed by atoms with E-state index in [1.807, 2.05) is 27.9 Å². The largest absolute Gasteiger partial charge is 0.376 e. The highest BCUT2D eigenvalue weighted by Gasteiger charge is 2.06. The Morgan fingerprint density at radius 1 is 1.36 bits per heavy atom. The lowest BCUT2D eigenvalue weighted by Gasteiger charge is -2.18. The molecule has 1 unspecified atom stereocenters. The third-order valence-corrected chi connectivity index (χ3v) is 1.66. The molecule has 11 heavy (non-hydrogen) atoms. The van der Waals surface area contributed by atoms with Gasteiger partial charge < -0.3 is 15.4 Å². The first-order valence-corrected chi connectivity index (χ1v) is 4.06. The molecule has 3 nitrogen and oxygen atoms in total.